The lowest BCUT2D eigenvalue weighted by Crippen LogP contribution is -2.41. The van der Waals surface area contributed by atoms with Crippen molar-refractivity contribution in [3.05, 3.63) is 12.2 Å². The molecule has 1 aliphatic heterocycles. The fourth-order valence-corrected chi connectivity index (χ4v) is 3.27. The Morgan fingerprint density at radius 2 is 1.91 bits per heavy atom. The van der Waals surface area contributed by atoms with E-state index in [4.69, 9.17) is 9.16 Å². The lowest BCUT2D eigenvalue weighted by molar-refractivity contribution is -0.130. The Morgan fingerprint density at radius 3 is 2.48 bits per heavy atom. The highest BCUT2D eigenvalue weighted by Crippen LogP contribution is 2.36. The van der Waals surface area contributed by atoms with Crippen LogP contribution in [0.1, 0.15) is 40.5 Å². The topological polar surface area (TPSA) is 38.8 Å². The number of ether oxygens (including phenoxy) is 1. The first-order valence-electron chi connectivity index (χ1n) is 8.82. The summed E-state index contributed by atoms with van der Waals surface area (Å²) in [4.78, 5) is 13.9. The van der Waals surface area contributed by atoms with Gasteiger partial charge in [-0.25, -0.2) is 0 Å². The highest BCUT2D eigenvalue weighted by Gasteiger charge is 2.36. The van der Waals surface area contributed by atoms with Gasteiger partial charge in [-0.1, -0.05) is 33.8 Å². The average molecular weight is 342 g/mol. The quantitative estimate of drug-likeness (QED) is 0.401. The number of amides is 1. The van der Waals surface area contributed by atoms with Crippen molar-refractivity contribution in [2.24, 2.45) is 5.92 Å². The number of rotatable bonds is 7. The van der Waals surface area contributed by atoms with Crippen molar-refractivity contribution in [2.75, 3.05) is 32.9 Å². The van der Waals surface area contributed by atoms with Gasteiger partial charge >= 0.3 is 0 Å². The second-order valence-corrected chi connectivity index (χ2v) is 12.8. The molecule has 0 aromatic heterocycles. The van der Waals surface area contributed by atoms with E-state index in [1.807, 2.05) is 11.0 Å². The largest absolute Gasteiger partial charge is 0.417 e. The van der Waals surface area contributed by atoms with E-state index in [-0.39, 0.29) is 10.9 Å². The van der Waals surface area contributed by atoms with Crippen LogP contribution < -0.4 is 0 Å². The zero-order valence-corrected chi connectivity index (χ0v) is 16.9. The monoisotopic (exact) mass is 341 g/mol. The first-order valence-corrected chi connectivity index (χ1v) is 11.7. The van der Waals surface area contributed by atoms with E-state index in [1.54, 1.807) is 6.08 Å². The summed E-state index contributed by atoms with van der Waals surface area (Å²) in [7, 11) is -1.63. The van der Waals surface area contributed by atoms with Crippen molar-refractivity contribution in [1.82, 2.24) is 4.90 Å². The van der Waals surface area contributed by atoms with Crippen LogP contribution in [0.2, 0.25) is 18.1 Å². The van der Waals surface area contributed by atoms with Gasteiger partial charge in [0.25, 0.3) is 0 Å². The Bertz CT molecular complexity index is 396. The Labute approximate surface area is 143 Å². The highest BCUT2D eigenvalue weighted by molar-refractivity contribution is 6.74. The van der Waals surface area contributed by atoms with E-state index in [1.165, 1.54) is 0 Å². The van der Waals surface area contributed by atoms with Gasteiger partial charge in [-0.05, 0) is 43.0 Å². The third-order valence-corrected chi connectivity index (χ3v) is 9.50. The summed E-state index contributed by atoms with van der Waals surface area (Å²) >= 11 is 0. The second-order valence-electron chi connectivity index (χ2n) is 8.03. The SMILES string of the molecule is CC(/C=C\C(=O)N1CCOCC1)CCCO[Si](C)(C)C(C)(C)C. The normalized spacial score (nSPS) is 18.4. The van der Waals surface area contributed by atoms with Crippen molar-refractivity contribution in [2.45, 2.75) is 58.7 Å². The Kier molecular flexibility index (Phi) is 7.97. The summed E-state index contributed by atoms with van der Waals surface area (Å²) in [6.45, 7) is 17.1. The van der Waals surface area contributed by atoms with E-state index < -0.39 is 8.32 Å². The van der Waals surface area contributed by atoms with E-state index in [0.717, 1.165) is 19.4 Å². The first-order chi connectivity index (χ1) is 10.6. The van der Waals surface area contributed by atoms with Crippen LogP contribution in [0.5, 0.6) is 0 Å². The van der Waals surface area contributed by atoms with Crippen molar-refractivity contribution < 1.29 is 14.0 Å². The molecule has 0 aromatic carbocycles. The molecule has 1 unspecified atom stereocenters. The standard InChI is InChI=1S/C18H35NO3Si/c1-16(8-7-13-22-23(5,6)18(2,3)4)9-10-17(20)19-11-14-21-15-12-19/h9-10,16H,7-8,11-15H2,1-6H3/b10-9-. The summed E-state index contributed by atoms with van der Waals surface area (Å²) in [5, 5.41) is 0.267. The van der Waals surface area contributed by atoms with E-state index in [9.17, 15) is 4.79 Å². The number of allylic oxidation sites excluding steroid dienone is 1. The maximum absolute atomic E-state index is 12.0. The fraction of sp³-hybridized carbons (Fsp3) is 0.833. The van der Waals surface area contributed by atoms with Crippen LogP contribution in [0.25, 0.3) is 0 Å². The predicted molar refractivity (Wildman–Crippen MR) is 98.1 cm³/mol. The van der Waals surface area contributed by atoms with Crippen molar-refractivity contribution >= 4 is 14.2 Å². The Morgan fingerprint density at radius 1 is 1.30 bits per heavy atom. The van der Waals surface area contributed by atoms with Gasteiger partial charge in [0.1, 0.15) is 0 Å². The molecule has 1 fully saturated rings. The van der Waals surface area contributed by atoms with Crippen molar-refractivity contribution in [3.8, 4) is 0 Å². The zero-order chi connectivity index (χ0) is 17.5. The molecule has 1 rings (SSSR count). The minimum absolute atomic E-state index is 0.109. The van der Waals surface area contributed by atoms with Gasteiger partial charge in [-0.3, -0.25) is 4.79 Å². The van der Waals surface area contributed by atoms with Crippen LogP contribution >= 0.6 is 0 Å². The summed E-state index contributed by atoms with van der Waals surface area (Å²) in [5.74, 6) is 0.515. The minimum atomic E-state index is -1.63. The smallest absolute Gasteiger partial charge is 0.246 e. The molecular formula is C18H35NO3Si. The molecule has 134 valence electrons. The molecule has 1 heterocycles. The lowest BCUT2D eigenvalue weighted by atomic mass is 10.1. The van der Waals surface area contributed by atoms with Crippen LogP contribution in [0.15, 0.2) is 12.2 Å². The van der Waals surface area contributed by atoms with Crippen LogP contribution in [-0.4, -0.2) is 52.0 Å². The summed E-state index contributed by atoms with van der Waals surface area (Å²) < 4.78 is 11.5. The number of hydrogen-bond acceptors (Lipinski definition) is 3. The molecule has 0 aromatic rings. The van der Waals surface area contributed by atoms with Gasteiger partial charge < -0.3 is 14.1 Å². The second kappa shape index (κ2) is 8.99. The molecule has 1 saturated heterocycles. The van der Waals surface area contributed by atoms with E-state index in [0.29, 0.717) is 32.2 Å². The van der Waals surface area contributed by atoms with E-state index >= 15 is 0 Å². The molecule has 0 bridgehead atoms. The first kappa shape index (κ1) is 20.4. The van der Waals surface area contributed by atoms with Crippen molar-refractivity contribution in [1.29, 1.82) is 0 Å². The van der Waals surface area contributed by atoms with Gasteiger partial charge in [0, 0.05) is 19.7 Å². The van der Waals surface area contributed by atoms with Gasteiger partial charge in [-0.2, -0.15) is 0 Å². The lowest BCUT2D eigenvalue weighted by Gasteiger charge is -2.36. The maximum Gasteiger partial charge on any atom is 0.246 e. The maximum atomic E-state index is 12.0. The molecular weight excluding hydrogens is 306 g/mol. The highest BCUT2D eigenvalue weighted by atomic mass is 28.4. The third-order valence-electron chi connectivity index (χ3n) is 4.96. The molecule has 4 nitrogen and oxygen atoms in total. The molecule has 1 atom stereocenters. The minimum Gasteiger partial charge on any atom is -0.417 e. The number of nitrogens with zero attached hydrogens (tertiary/aromatic N) is 1. The summed E-state index contributed by atoms with van der Waals surface area (Å²) in [6.07, 6.45) is 5.86. The number of hydrogen-bond donors (Lipinski definition) is 0. The Balaban J connectivity index is 2.25. The Hall–Kier alpha value is -0.653. The van der Waals surface area contributed by atoms with Crippen LogP contribution in [0.3, 0.4) is 0 Å². The van der Waals surface area contributed by atoms with Crippen LogP contribution in [0.4, 0.5) is 0 Å². The van der Waals surface area contributed by atoms with Gasteiger partial charge in [0.05, 0.1) is 13.2 Å². The number of carbonyl (C=O) groups excluding carboxylic acids is 1. The molecule has 0 aliphatic carbocycles. The molecule has 1 aliphatic rings. The number of carbonyl (C=O) groups is 1. The average Bonchev–Trinajstić information content (AvgIpc) is 2.49. The van der Waals surface area contributed by atoms with Gasteiger partial charge in [0.2, 0.25) is 5.91 Å². The molecule has 0 saturated carbocycles. The molecule has 0 radical (unpaired) electrons. The molecule has 23 heavy (non-hydrogen) atoms. The molecule has 5 heteroatoms. The van der Waals surface area contributed by atoms with Crippen molar-refractivity contribution in [3.63, 3.8) is 0 Å². The summed E-state index contributed by atoms with van der Waals surface area (Å²) in [6, 6.07) is 0. The van der Waals surface area contributed by atoms with Gasteiger partial charge in [-0.15, -0.1) is 0 Å². The number of morpholine rings is 1. The van der Waals surface area contributed by atoms with E-state index in [2.05, 4.69) is 40.8 Å². The molecule has 0 spiro atoms. The fourth-order valence-electron chi connectivity index (χ4n) is 2.18. The third kappa shape index (κ3) is 7.19. The van der Waals surface area contributed by atoms with Gasteiger partial charge in [0.15, 0.2) is 8.32 Å². The predicted octanol–water partition coefficient (Wildman–Crippen LogP) is 3.84. The molecule has 1 amide bonds. The zero-order valence-electron chi connectivity index (χ0n) is 15.9. The summed E-state index contributed by atoms with van der Waals surface area (Å²) in [5.41, 5.74) is 0. The van der Waals surface area contributed by atoms with Crippen LogP contribution in [-0.2, 0) is 14.0 Å². The molecule has 0 N–H and O–H groups in total. The van der Waals surface area contributed by atoms with Crippen LogP contribution in [0, 0.1) is 5.92 Å².